The molecule has 0 radical (unpaired) electrons. The minimum Gasteiger partial charge on any atom is -0.296 e. The van der Waals surface area contributed by atoms with Crippen LogP contribution >= 0.6 is 0 Å². The van der Waals surface area contributed by atoms with E-state index >= 15 is 0 Å². The van der Waals surface area contributed by atoms with Crippen molar-refractivity contribution in [2.45, 2.75) is 57.4 Å². The molecule has 78 valence electrons. The first kappa shape index (κ1) is 8.96. The van der Waals surface area contributed by atoms with E-state index in [2.05, 4.69) is 4.90 Å². The topological polar surface area (TPSA) is 3.24 Å². The van der Waals surface area contributed by atoms with Crippen molar-refractivity contribution >= 4 is 0 Å². The first-order valence-corrected chi connectivity index (χ1v) is 6.37. The molecule has 3 rings (SSSR count). The summed E-state index contributed by atoms with van der Waals surface area (Å²) in [6.45, 7) is 2.71. The molecule has 1 aliphatic carbocycles. The van der Waals surface area contributed by atoms with Crippen molar-refractivity contribution < 1.29 is 0 Å². The largest absolute Gasteiger partial charge is 0.296 e. The van der Waals surface area contributed by atoms with Crippen molar-refractivity contribution in [2.24, 2.45) is 0 Å². The molecule has 2 aliphatic heterocycles. The van der Waals surface area contributed by atoms with E-state index in [1.165, 1.54) is 64.5 Å². The molecule has 0 saturated carbocycles. The normalized spacial score (nSPS) is 33.9. The molecule has 0 spiro atoms. The monoisotopic (exact) mass is 191 g/mol. The molecule has 2 heterocycles. The van der Waals surface area contributed by atoms with Crippen molar-refractivity contribution in [2.75, 3.05) is 13.1 Å². The van der Waals surface area contributed by atoms with Crippen LogP contribution in [0.3, 0.4) is 0 Å². The molecule has 0 amide bonds. The Kier molecular flexibility index (Phi) is 2.36. The Balaban J connectivity index is 1.79. The molecule has 1 fully saturated rings. The molecule has 1 heteroatoms. The molecule has 0 aromatic rings. The summed E-state index contributed by atoms with van der Waals surface area (Å²) < 4.78 is 0. The van der Waals surface area contributed by atoms with Crippen LogP contribution in [-0.2, 0) is 0 Å². The van der Waals surface area contributed by atoms with E-state index < -0.39 is 0 Å². The molecule has 1 atom stereocenters. The fourth-order valence-corrected chi connectivity index (χ4v) is 3.50. The zero-order valence-electron chi connectivity index (χ0n) is 9.10. The maximum absolute atomic E-state index is 2.76. The van der Waals surface area contributed by atoms with Crippen LogP contribution in [0.1, 0.15) is 51.4 Å². The number of hydrogen-bond donors (Lipinski definition) is 0. The van der Waals surface area contributed by atoms with Gasteiger partial charge < -0.3 is 0 Å². The van der Waals surface area contributed by atoms with E-state index in [1.807, 2.05) is 11.1 Å². The smallest absolute Gasteiger partial charge is 0.0198 e. The van der Waals surface area contributed by atoms with Crippen molar-refractivity contribution in [3.63, 3.8) is 0 Å². The van der Waals surface area contributed by atoms with Gasteiger partial charge >= 0.3 is 0 Å². The molecule has 3 aliphatic rings. The average molecular weight is 191 g/mol. The van der Waals surface area contributed by atoms with E-state index in [-0.39, 0.29) is 0 Å². The summed E-state index contributed by atoms with van der Waals surface area (Å²) in [5.41, 5.74) is 3.69. The highest BCUT2D eigenvalue weighted by molar-refractivity contribution is 5.23. The molecule has 1 unspecified atom stereocenters. The van der Waals surface area contributed by atoms with Crippen molar-refractivity contribution in [1.29, 1.82) is 0 Å². The van der Waals surface area contributed by atoms with E-state index in [0.717, 1.165) is 6.04 Å². The van der Waals surface area contributed by atoms with Crippen LogP contribution in [0.25, 0.3) is 0 Å². The molecule has 1 nitrogen and oxygen atoms in total. The zero-order valence-corrected chi connectivity index (χ0v) is 9.10. The second kappa shape index (κ2) is 3.69. The first-order chi connectivity index (χ1) is 6.93. The molecule has 14 heavy (non-hydrogen) atoms. The quantitative estimate of drug-likeness (QED) is 0.532. The van der Waals surface area contributed by atoms with E-state index in [0.29, 0.717) is 0 Å². The van der Waals surface area contributed by atoms with Crippen LogP contribution < -0.4 is 0 Å². The van der Waals surface area contributed by atoms with Gasteiger partial charge in [-0.1, -0.05) is 17.6 Å². The Morgan fingerprint density at radius 1 is 0.929 bits per heavy atom. The zero-order chi connectivity index (χ0) is 9.38. The van der Waals surface area contributed by atoms with Gasteiger partial charge in [0.25, 0.3) is 0 Å². The van der Waals surface area contributed by atoms with Crippen LogP contribution in [0.2, 0.25) is 0 Å². The SMILES string of the molecule is C1CCC2=C(C1)CC1CCCCN1C2. The summed E-state index contributed by atoms with van der Waals surface area (Å²) in [5, 5.41) is 0. The van der Waals surface area contributed by atoms with Gasteiger partial charge in [0, 0.05) is 12.6 Å². The van der Waals surface area contributed by atoms with Crippen LogP contribution in [0.15, 0.2) is 11.1 Å². The lowest BCUT2D eigenvalue weighted by molar-refractivity contribution is 0.144. The van der Waals surface area contributed by atoms with Crippen LogP contribution in [0, 0.1) is 0 Å². The van der Waals surface area contributed by atoms with Crippen LogP contribution in [0.5, 0.6) is 0 Å². The van der Waals surface area contributed by atoms with Crippen molar-refractivity contribution in [3.8, 4) is 0 Å². The van der Waals surface area contributed by atoms with E-state index in [1.54, 1.807) is 0 Å². The standard InChI is InChI=1S/C13H21N/c1-2-6-12-10-14-8-4-3-7-13(14)9-11(12)5-1/h13H,1-10H2. The first-order valence-electron chi connectivity index (χ1n) is 6.37. The number of nitrogens with zero attached hydrogens (tertiary/aromatic N) is 1. The third-order valence-electron chi connectivity index (χ3n) is 4.33. The van der Waals surface area contributed by atoms with Gasteiger partial charge in [-0.3, -0.25) is 4.90 Å². The highest BCUT2D eigenvalue weighted by atomic mass is 15.2. The molecule has 0 aromatic heterocycles. The van der Waals surface area contributed by atoms with E-state index in [4.69, 9.17) is 0 Å². The highest BCUT2D eigenvalue weighted by Crippen LogP contribution is 2.36. The van der Waals surface area contributed by atoms with Crippen molar-refractivity contribution in [1.82, 2.24) is 4.90 Å². The molecule has 0 bridgehead atoms. The summed E-state index contributed by atoms with van der Waals surface area (Å²) in [5.74, 6) is 0. The fraction of sp³-hybridized carbons (Fsp3) is 0.846. The minimum atomic E-state index is 0.931. The Labute approximate surface area is 87.2 Å². The third kappa shape index (κ3) is 1.52. The van der Waals surface area contributed by atoms with Gasteiger partial charge in [-0.15, -0.1) is 0 Å². The predicted molar refractivity (Wildman–Crippen MR) is 59.3 cm³/mol. The van der Waals surface area contributed by atoms with Gasteiger partial charge in [0.15, 0.2) is 0 Å². The number of fused-ring (bicyclic) bond motifs is 1. The van der Waals surface area contributed by atoms with Crippen LogP contribution in [-0.4, -0.2) is 24.0 Å². The summed E-state index contributed by atoms with van der Waals surface area (Å²) in [7, 11) is 0. The molecule has 0 aromatic carbocycles. The average Bonchev–Trinajstić information content (AvgIpc) is 2.26. The molecule has 1 saturated heterocycles. The van der Waals surface area contributed by atoms with Gasteiger partial charge in [0.05, 0.1) is 0 Å². The summed E-state index contributed by atoms with van der Waals surface area (Å²) in [6, 6.07) is 0.931. The Morgan fingerprint density at radius 2 is 1.79 bits per heavy atom. The number of rotatable bonds is 0. The number of hydrogen-bond acceptors (Lipinski definition) is 1. The third-order valence-corrected chi connectivity index (χ3v) is 4.33. The summed E-state index contributed by atoms with van der Waals surface area (Å²) in [4.78, 5) is 2.76. The minimum absolute atomic E-state index is 0.931. The highest BCUT2D eigenvalue weighted by Gasteiger charge is 2.30. The predicted octanol–water partition coefficient (Wildman–Crippen LogP) is 3.12. The van der Waals surface area contributed by atoms with Gasteiger partial charge in [-0.25, -0.2) is 0 Å². The summed E-state index contributed by atoms with van der Waals surface area (Å²) in [6.07, 6.45) is 11.6. The Bertz CT molecular complexity index is 228. The van der Waals surface area contributed by atoms with Gasteiger partial charge in [0.2, 0.25) is 0 Å². The maximum atomic E-state index is 2.76. The number of piperidine rings is 1. The molecule has 0 N–H and O–H groups in total. The molecular weight excluding hydrogens is 170 g/mol. The van der Waals surface area contributed by atoms with Crippen molar-refractivity contribution in [3.05, 3.63) is 11.1 Å². The van der Waals surface area contributed by atoms with E-state index in [9.17, 15) is 0 Å². The second-order valence-corrected chi connectivity index (χ2v) is 5.24. The van der Waals surface area contributed by atoms with Gasteiger partial charge in [-0.2, -0.15) is 0 Å². The fourth-order valence-electron chi connectivity index (χ4n) is 3.50. The maximum Gasteiger partial charge on any atom is 0.0198 e. The van der Waals surface area contributed by atoms with Crippen LogP contribution in [0.4, 0.5) is 0 Å². The summed E-state index contributed by atoms with van der Waals surface area (Å²) >= 11 is 0. The van der Waals surface area contributed by atoms with Gasteiger partial charge in [0.1, 0.15) is 0 Å². The Hall–Kier alpha value is -0.300. The Morgan fingerprint density at radius 3 is 2.71 bits per heavy atom. The van der Waals surface area contributed by atoms with Gasteiger partial charge in [-0.05, 0) is 51.5 Å². The lowest BCUT2D eigenvalue weighted by Crippen LogP contribution is -2.44. The lowest BCUT2D eigenvalue weighted by Gasteiger charge is -2.42. The second-order valence-electron chi connectivity index (χ2n) is 5.24. The lowest BCUT2D eigenvalue weighted by atomic mass is 9.81. The molecular formula is C13H21N.